The van der Waals surface area contributed by atoms with Crippen molar-refractivity contribution >= 4 is 11.3 Å². The minimum atomic E-state index is 0.293. The molecular weight excluding hydrogens is 298 g/mol. The van der Waals surface area contributed by atoms with Crippen molar-refractivity contribution in [3.05, 3.63) is 34.1 Å². The van der Waals surface area contributed by atoms with E-state index >= 15 is 0 Å². The maximum Gasteiger partial charge on any atom is 0.240 e. The highest BCUT2D eigenvalue weighted by Gasteiger charge is 2.21. The lowest BCUT2D eigenvalue weighted by Crippen LogP contribution is -2.31. The molecule has 1 atom stereocenters. The van der Waals surface area contributed by atoms with Crippen molar-refractivity contribution < 1.29 is 9.26 Å². The van der Waals surface area contributed by atoms with E-state index in [-0.39, 0.29) is 0 Å². The quantitative estimate of drug-likeness (QED) is 0.782. The number of rotatable bonds is 7. The van der Waals surface area contributed by atoms with E-state index in [0.717, 1.165) is 38.4 Å². The molecule has 1 saturated heterocycles. The molecule has 0 N–H and O–H groups in total. The van der Waals surface area contributed by atoms with Gasteiger partial charge in [0.2, 0.25) is 5.89 Å². The first-order valence-corrected chi connectivity index (χ1v) is 8.77. The van der Waals surface area contributed by atoms with Gasteiger partial charge in [0, 0.05) is 30.5 Å². The SMILES string of the molecule is CC(C)c1noc(CN(Cc2cccs2)C[C@@H]2CCCO2)n1. The molecule has 3 heterocycles. The zero-order chi connectivity index (χ0) is 15.4. The van der Waals surface area contributed by atoms with Gasteiger partial charge in [-0.05, 0) is 24.3 Å². The van der Waals surface area contributed by atoms with Crippen LogP contribution in [0.1, 0.15) is 49.2 Å². The Kier molecular flexibility index (Phi) is 5.23. The number of thiophene rings is 1. The van der Waals surface area contributed by atoms with E-state index in [1.165, 1.54) is 4.88 Å². The Bertz CT molecular complexity index is 562. The Morgan fingerprint density at radius 3 is 2.95 bits per heavy atom. The zero-order valence-corrected chi connectivity index (χ0v) is 14.0. The van der Waals surface area contributed by atoms with Crippen molar-refractivity contribution in [2.24, 2.45) is 0 Å². The third-order valence-electron chi connectivity index (χ3n) is 3.80. The molecule has 2 aromatic rings. The van der Waals surface area contributed by atoms with Gasteiger partial charge in [-0.2, -0.15) is 4.98 Å². The highest BCUT2D eigenvalue weighted by Crippen LogP contribution is 2.19. The molecular formula is C16H23N3O2S. The molecule has 0 amide bonds. The molecule has 1 aliphatic rings. The Morgan fingerprint density at radius 1 is 1.41 bits per heavy atom. The van der Waals surface area contributed by atoms with Crippen LogP contribution in [-0.2, 0) is 17.8 Å². The number of nitrogens with zero attached hydrogens (tertiary/aromatic N) is 3. The molecule has 22 heavy (non-hydrogen) atoms. The van der Waals surface area contributed by atoms with Crippen LogP contribution >= 0.6 is 11.3 Å². The summed E-state index contributed by atoms with van der Waals surface area (Å²) in [4.78, 5) is 8.19. The van der Waals surface area contributed by atoms with Gasteiger partial charge in [-0.25, -0.2) is 0 Å². The molecule has 0 bridgehead atoms. The summed E-state index contributed by atoms with van der Waals surface area (Å²) in [7, 11) is 0. The fraction of sp³-hybridized carbons (Fsp3) is 0.625. The van der Waals surface area contributed by atoms with Gasteiger partial charge in [0.05, 0.1) is 12.6 Å². The average Bonchev–Trinajstić information content (AvgIpc) is 3.19. The second-order valence-electron chi connectivity index (χ2n) is 6.09. The van der Waals surface area contributed by atoms with Crippen LogP contribution in [0.25, 0.3) is 0 Å². The van der Waals surface area contributed by atoms with Crippen LogP contribution in [0.2, 0.25) is 0 Å². The fourth-order valence-electron chi connectivity index (χ4n) is 2.64. The molecule has 0 saturated carbocycles. The molecule has 5 nitrogen and oxygen atoms in total. The summed E-state index contributed by atoms with van der Waals surface area (Å²) in [6.45, 7) is 7.52. The molecule has 0 aromatic carbocycles. The second kappa shape index (κ2) is 7.35. The summed E-state index contributed by atoms with van der Waals surface area (Å²) in [5.74, 6) is 1.77. The standard InChI is InChI=1S/C16H23N3O2S/c1-12(2)16-17-15(21-18-16)11-19(9-13-5-3-7-20-13)10-14-6-4-8-22-14/h4,6,8,12-13H,3,5,7,9-11H2,1-2H3/t13-/m0/s1. The fourth-order valence-corrected chi connectivity index (χ4v) is 3.39. The molecule has 0 spiro atoms. The van der Waals surface area contributed by atoms with Crippen molar-refractivity contribution in [3.8, 4) is 0 Å². The molecule has 0 aliphatic carbocycles. The third kappa shape index (κ3) is 4.15. The molecule has 0 unspecified atom stereocenters. The Hall–Kier alpha value is -1.24. The second-order valence-corrected chi connectivity index (χ2v) is 7.12. The summed E-state index contributed by atoms with van der Waals surface area (Å²) >= 11 is 1.78. The van der Waals surface area contributed by atoms with Crippen LogP contribution in [0.4, 0.5) is 0 Å². The van der Waals surface area contributed by atoms with Gasteiger partial charge in [-0.15, -0.1) is 11.3 Å². The molecule has 3 rings (SSSR count). The van der Waals surface area contributed by atoms with Gasteiger partial charge in [0.1, 0.15) is 0 Å². The van der Waals surface area contributed by atoms with Gasteiger partial charge in [0.25, 0.3) is 0 Å². The van der Waals surface area contributed by atoms with Crippen LogP contribution in [0.3, 0.4) is 0 Å². The number of aromatic nitrogens is 2. The highest BCUT2D eigenvalue weighted by molar-refractivity contribution is 7.09. The maximum atomic E-state index is 5.78. The smallest absolute Gasteiger partial charge is 0.240 e. The van der Waals surface area contributed by atoms with Crippen molar-refractivity contribution in [2.75, 3.05) is 13.2 Å². The molecule has 1 aliphatic heterocycles. The summed E-state index contributed by atoms with van der Waals surface area (Å²) in [6.07, 6.45) is 2.63. The summed E-state index contributed by atoms with van der Waals surface area (Å²) < 4.78 is 11.2. The lowest BCUT2D eigenvalue weighted by Gasteiger charge is -2.23. The van der Waals surface area contributed by atoms with Gasteiger partial charge < -0.3 is 9.26 Å². The maximum absolute atomic E-state index is 5.78. The van der Waals surface area contributed by atoms with Crippen molar-refractivity contribution in [2.45, 2.75) is 51.8 Å². The number of hydrogen-bond donors (Lipinski definition) is 0. The van der Waals surface area contributed by atoms with Crippen LogP contribution in [-0.4, -0.2) is 34.3 Å². The minimum absolute atomic E-state index is 0.293. The first kappa shape index (κ1) is 15.6. The van der Waals surface area contributed by atoms with E-state index in [2.05, 4.69) is 46.4 Å². The molecule has 0 radical (unpaired) electrons. The van der Waals surface area contributed by atoms with Crippen molar-refractivity contribution in [3.63, 3.8) is 0 Å². The average molecular weight is 321 g/mol. The van der Waals surface area contributed by atoms with Gasteiger partial charge >= 0.3 is 0 Å². The Balaban J connectivity index is 1.65. The number of ether oxygens (including phenoxy) is 1. The topological polar surface area (TPSA) is 51.4 Å². The van der Waals surface area contributed by atoms with E-state index in [1.807, 2.05) is 0 Å². The zero-order valence-electron chi connectivity index (χ0n) is 13.2. The summed E-state index contributed by atoms with van der Waals surface area (Å²) in [6, 6.07) is 4.26. The predicted octanol–water partition coefficient (Wildman–Crippen LogP) is 3.44. The van der Waals surface area contributed by atoms with E-state index < -0.39 is 0 Å². The first-order chi connectivity index (χ1) is 10.7. The summed E-state index contributed by atoms with van der Waals surface area (Å²) in [5.41, 5.74) is 0. The van der Waals surface area contributed by atoms with E-state index in [0.29, 0.717) is 24.5 Å². The molecule has 120 valence electrons. The largest absolute Gasteiger partial charge is 0.377 e. The normalized spacial score (nSPS) is 18.6. The van der Waals surface area contributed by atoms with Gasteiger partial charge in [0.15, 0.2) is 5.82 Å². The van der Waals surface area contributed by atoms with Crippen LogP contribution in [0.5, 0.6) is 0 Å². The Morgan fingerprint density at radius 2 is 2.32 bits per heavy atom. The van der Waals surface area contributed by atoms with E-state index in [1.54, 1.807) is 11.3 Å². The van der Waals surface area contributed by atoms with Crippen molar-refractivity contribution in [1.29, 1.82) is 0 Å². The van der Waals surface area contributed by atoms with Gasteiger partial charge in [-0.3, -0.25) is 4.90 Å². The minimum Gasteiger partial charge on any atom is -0.377 e. The monoisotopic (exact) mass is 321 g/mol. The molecule has 1 fully saturated rings. The lowest BCUT2D eigenvalue weighted by atomic mass is 10.2. The molecule has 2 aromatic heterocycles. The van der Waals surface area contributed by atoms with Crippen LogP contribution < -0.4 is 0 Å². The Labute approximate surface area is 135 Å². The third-order valence-corrected chi connectivity index (χ3v) is 4.67. The molecule has 6 heteroatoms. The summed E-state index contributed by atoms with van der Waals surface area (Å²) in [5, 5.41) is 6.17. The van der Waals surface area contributed by atoms with Crippen LogP contribution in [0.15, 0.2) is 22.0 Å². The first-order valence-electron chi connectivity index (χ1n) is 7.89. The highest BCUT2D eigenvalue weighted by atomic mass is 32.1. The van der Waals surface area contributed by atoms with Gasteiger partial charge in [-0.1, -0.05) is 25.1 Å². The number of hydrogen-bond acceptors (Lipinski definition) is 6. The predicted molar refractivity (Wildman–Crippen MR) is 85.8 cm³/mol. The van der Waals surface area contributed by atoms with Crippen molar-refractivity contribution in [1.82, 2.24) is 15.0 Å². The lowest BCUT2D eigenvalue weighted by molar-refractivity contribution is 0.0644. The van der Waals surface area contributed by atoms with E-state index in [4.69, 9.17) is 9.26 Å². The van der Waals surface area contributed by atoms with E-state index in [9.17, 15) is 0 Å². The van der Waals surface area contributed by atoms with Crippen LogP contribution in [0, 0.1) is 0 Å².